The van der Waals surface area contributed by atoms with Gasteiger partial charge in [-0.3, -0.25) is 14.8 Å². The molecule has 0 aliphatic carbocycles. The Morgan fingerprint density at radius 3 is 2.67 bits per heavy atom. The van der Waals surface area contributed by atoms with Crippen LogP contribution in [0.1, 0.15) is 35.6 Å². The van der Waals surface area contributed by atoms with Gasteiger partial charge in [-0.15, -0.1) is 0 Å². The minimum Gasteiger partial charge on any atom is -0.370 e. The van der Waals surface area contributed by atoms with E-state index in [4.69, 9.17) is 23.1 Å². The van der Waals surface area contributed by atoms with Gasteiger partial charge in [0, 0.05) is 29.7 Å². The maximum Gasteiger partial charge on any atom is 0.248 e. The molecule has 0 radical (unpaired) electrons. The zero-order valence-electron chi connectivity index (χ0n) is 15.1. The summed E-state index contributed by atoms with van der Waals surface area (Å²) in [6, 6.07) is 6.61. The lowest BCUT2D eigenvalue weighted by Crippen LogP contribution is -2.32. The molecule has 0 saturated carbocycles. The molecule has 0 aliphatic rings. The molecule has 2 aromatic heterocycles. The number of nitrogens with two attached hydrogens (primary N) is 2. The molecule has 2 rings (SSSR count). The van der Waals surface area contributed by atoms with Gasteiger partial charge in [-0.05, 0) is 38.1 Å². The van der Waals surface area contributed by atoms with Gasteiger partial charge in [0.15, 0.2) is 5.96 Å². The molecule has 0 spiro atoms. The van der Waals surface area contributed by atoms with Crippen LogP contribution < -0.4 is 16.8 Å². The van der Waals surface area contributed by atoms with Crippen LogP contribution in [0.4, 0.5) is 0 Å². The van der Waals surface area contributed by atoms with Gasteiger partial charge in [-0.1, -0.05) is 24.3 Å². The first-order valence-corrected chi connectivity index (χ1v) is 8.44. The molecule has 2 heterocycles. The van der Waals surface area contributed by atoms with Crippen LogP contribution in [0, 0.1) is 0 Å². The molecule has 1 amide bonds. The molecule has 7 nitrogen and oxygen atoms in total. The van der Waals surface area contributed by atoms with Crippen molar-refractivity contribution in [2.75, 3.05) is 0 Å². The lowest BCUT2D eigenvalue weighted by Gasteiger charge is -2.21. The van der Waals surface area contributed by atoms with E-state index >= 15 is 0 Å². The molecule has 0 atom stereocenters. The summed E-state index contributed by atoms with van der Waals surface area (Å²) in [5.41, 5.74) is 12.7. The van der Waals surface area contributed by atoms with E-state index in [9.17, 15) is 4.79 Å². The molecule has 0 bridgehead atoms. The summed E-state index contributed by atoms with van der Waals surface area (Å²) in [5, 5.41) is 3.40. The lowest BCUT2D eigenvalue weighted by molar-refractivity contribution is 0.1000. The second-order valence-electron chi connectivity index (χ2n) is 6.13. The average Bonchev–Trinajstić information content (AvgIpc) is 2.62. The van der Waals surface area contributed by atoms with Gasteiger partial charge in [-0.2, -0.15) is 0 Å². The van der Waals surface area contributed by atoms with E-state index in [0.717, 1.165) is 0 Å². The second kappa shape index (κ2) is 8.46. The van der Waals surface area contributed by atoms with Gasteiger partial charge in [0.05, 0.1) is 16.4 Å². The van der Waals surface area contributed by atoms with E-state index in [1.807, 2.05) is 13.8 Å². The van der Waals surface area contributed by atoms with Gasteiger partial charge < -0.3 is 16.8 Å². The summed E-state index contributed by atoms with van der Waals surface area (Å²) < 4.78 is 0. The molecule has 8 heteroatoms. The summed E-state index contributed by atoms with van der Waals surface area (Å²) in [5.74, 6) is -0.378. The van der Waals surface area contributed by atoms with E-state index in [2.05, 4.69) is 26.9 Å². The Morgan fingerprint density at radius 2 is 2.04 bits per heavy atom. The van der Waals surface area contributed by atoms with E-state index < -0.39 is 11.4 Å². The van der Waals surface area contributed by atoms with Crippen molar-refractivity contribution in [3.63, 3.8) is 0 Å². The number of primary amides is 1. The quantitative estimate of drug-likeness (QED) is 0.401. The van der Waals surface area contributed by atoms with Crippen molar-refractivity contribution in [2.45, 2.75) is 19.4 Å². The fourth-order valence-electron chi connectivity index (χ4n) is 2.35. The maximum absolute atomic E-state index is 11.3. The molecule has 0 saturated heterocycles. The van der Waals surface area contributed by atoms with Crippen LogP contribution in [0.3, 0.4) is 0 Å². The maximum atomic E-state index is 11.3. The number of rotatable bonds is 6. The zero-order valence-corrected chi connectivity index (χ0v) is 15.9. The number of aliphatic imine (C=N–C) groups is 1. The van der Waals surface area contributed by atoms with Crippen LogP contribution >= 0.6 is 11.6 Å². The molecule has 0 aliphatic heterocycles. The van der Waals surface area contributed by atoms with Crippen molar-refractivity contribution >= 4 is 29.0 Å². The number of allylic oxidation sites excluding steroid dienone is 2. The first-order chi connectivity index (χ1) is 12.7. The smallest absolute Gasteiger partial charge is 0.248 e. The Morgan fingerprint density at radius 1 is 1.30 bits per heavy atom. The number of amides is 1. The number of nitrogens with zero attached hydrogens (tertiary/aromatic N) is 3. The zero-order chi connectivity index (χ0) is 20.0. The highest BCUT2D eigenvalue weighted by molar-refractivity contribution is 6.31. The third kappa shape index (κ3) is 5.15. The lowest BCUT2D eigenvalue weighted by atomic mass is 10.0. The Labute approximate surface area is 162 Å². The van der Waals surface area contributed by atoms with Gasteiger partial charge >= 0.3 is 0 Å². The molecule has 2 aromatic rings. The third-order valence-electron chi connectivity index (χ3n) is 3.67. The fraction of sp³-hybridized carbons (Fsp3) is 0.158. The van der Waals surface area contributed by atoms with Crippen molar-refractivity contribution in [3.05, 3.63) is 77.5 Å². The van der Waals surface area contributed by atoms with Crippen molar-refractivity contribution in [2.24, 2.45) is 16.5 Å². The number of aromatic nitrogens is 2. The third-order valence-corrected chi connectivity index (χ3v) is 3.98. The predicted octanol–water partition coefficient (Wildman–Crippen LogP) is 2.60. The van der Waals surface area contributed by atoms with Gasteiger partial charge in [-0.25, -0.2) is 4.99 Å². The number of carbonyl (C=O) groups is 1. The average molecular weight is 385 g/mol. The number of nitrogens with one attached hydrogen (secondary N) is 1. The van der Waals surface area contributed by atoms with E-state index in [1.54, 1.807) is 36.7 Å². The Balaban J connectivity index is 2.25. The highest BCUT2D eigenvalue weighted by atomic mass is 35.5. The minimum absolute atomic E-state index is 0.159. The molecular weight excluding hydrogens is 364 g/mol. The number of pyridine rings is 2. The van der Waals surface area contributed by atoms with Crippen LogP contribution in [0.25, 0.3) is 5.57 Å². The van der Waals surface area contributed by atoms with Crippen LogP contribution in [-0.2, 0) is 5.54 Å². The van der Waals surface area contributed by atoms with Gasteiger partial charge in [0.1, 0.15) is 5.54 Å². The van der Waals surface area contributed by atoms with Crippen LogP contribution in [-0.4, -0.2) is 21.8 Å². The second-order valence-corrected chi connectivity index (χ2v) is 6.54. The molecule has 0 aromatic carbocycles. The summed E-state index contributed by atoms with van der Waals surface area (Å²) in [4.78, 5) is 24.3. The van der Waals surface area contributed by atoms with Crippen molar-refractivity contribution in [1.29, 1.82) is 0 Å². The Kier molecular flexibility index (Phi) is 6.31. The monoisotopic (exact) mass is 384 g/mol. The van der Waals surface area contributed by atoms with Crippen molar-refractivity contribution < 1.29 is 4.79 Å². The number of halogens is 1. The summed E-state index contributed by atoms with van der Waals surface area (Å²) in [6.45, 7) is 7.46. The number of carbonyl (C=O) groups excluding carboxylic acids is 1. The first kappa shape index (κ1) is 20.1. The molecule has 5 N–H and O–H groups in total. The molecule has 0 fully saturated rings. The summed E-state index contributed by atoms with van der Waals surface area (Å²) in [6.07, 6.45) is 6.31. The van der Waals surface area contributed by atoms with Gasteiger partial charge in [0.2, 0.25) is 5.91 Å². The van der Waals surface area contributed by atoms with E-state index in [1.165, 1.54) is 12.3 Å². The van der Waals surface area contributed by atoms with Crippen LogP contribution in [0.2, 0.25) is 5.02 Å². The molecule has 0 unspecified atom stereocenters. The normalized spacial score (nSPS) is 12.6. The van der Waals surface area contributed by atoms with Crippen molar-refractivity contribution in [1.82, 2.24) is 15.3 Å². The largest absolute Gasteiger partial charge is 0.370 e. The minimum atomic E-state index is -0.734. The van der Waals surface area contributed by atoms with Gasteiger partial charge in [0.25, 0.3) is 0 Å². The summed E-state index contributed by atoms with van der Waals surface area (Å²) in [7, 11) is 0. The van der Waals surface area contributed by atoms with Crippen LogP contribution in [0.15, 0.2) is 60.5 Å². The Hall–Kier alpha value is -3.19. The first-order valence-electron chi connectivity index (χ1n) is 8.06. The van der Waals surface area contributed by atoms with E-state index in [0.29, 0.717) is 27.5 Å². The number of hydrogen-bond acceptors (Lipinski definition) is 4. The fourth-order valence-corrected chi connectivity index (χ4v) is 2.71. The highest BCUT2D eigenvalue weighted by Gasteiger charge is 2.24. The van der Waals surface area contributed by atoms with Crippen molar-refractivity contribution in [3.8, 4) is 0 Å². The molecular formula is C19H21ClN6O. The Bertz CT molecular complexity index is 920. The predicted molar refractivity (Wildman–Crippen MR) is 108 cm³/mol. The van der Waals surface area contributed by atoms with E-state index in [-0.39, 0.29) is 5.96 Å². The highest BCUT2D eigenvalue weighted by Crippen LogP contribution is 2.28. The number of hydrogen-bond donors (Lipinski definition) is 3. The SMILES string of the molecule is C=C/C(=C\NC(N)=NC(C)(C)c1ncccc1Cl)c1cc(C(N)=O)ccn1. The van der Waals surface area contributed by atoms with Crippen LogP contribution in [0.5, 0.6) is 0 Å². The number of guanidine groups is 1. The standard InChI is InChI=1S/C19H21ClN6O/c1-4-12(15-10-13(17(21)27)7-9-23-15)11-25-18(22)26-19(2,3)16-14(20)6-5-8-24-16/h4-11H,1H2,2-3H3,(H2,21,27)(H3,22,25,26)/b12-11+. The molecule has 27 heavy (non-hydrogen) atoms. The topological polar surface area (TPSA) is 119 Å². The summed E-state index contributed by atoms with van der Waals surface area (Å²) >= 11 is 6.20. The molecule has 140 valence electrons.